The maximum absolute atomic E-state index is 12.1. The molecule has 1 aromatic carbocycles. The van der Waals surface area contributed by atoms with Crippen molar-refractivity contribution in [2.75, 3.05) is 5.32 Å². The van der Waals surface area contributed by atoms with Crippen LogP contribution >= 0.6 is 15.9 Å². The van der Waals surface area contributed by atoms with Crippen LogP contribution < -0.4 is 10.6 Å². The zero-order valence-electron chi connectivity index (χ0n) is 12.1. The van der Waals surface area contributed by atoms with Crippen molar-refractivity contribution in [1.29, 1.82) is 0 Å². The van der Waals surface area contributed by atoms with E-state index in [1.165, 1.54) is 12.8 Å². The molecule has 1 amide bonds. The molecule has 114 valence electrons. The molecule has 1 aliphatic rings. The average molecular weight is 361 g/mol. The first kappa shape index (κ1) is 15.0. The Labute approximate surface area is 137 Å². The number of halogens is 1. The lowest BCUT2D eigenvalue weighted by Crippen LogP contribution is -2.33. The molecule has 0 atom stereocenters. The molecule has 2 N–H and O–H groups in total. The quantitative estimate of drug-likeness (QED) is 0.872. The Balaban J connectivity index is 1.61. The molecule has 1 heterocycles. The number of amides is 1. The summed E-state index contributed by atoms with van der Waals surface area (Å²) in [6.07, 6.45) is 4.49. The number of carbonyl (C=O) groups is 1. The van der Waals surface area contributed by atoms with Crippen molar-refractivity contribution in [3.05, 3.63) is 46.6 Å². The molecule has 1 aromatic heterocycles. The molecule has 0 spiro atoms. The molecule has 1 saturated carbocycles. The third kappa shape index (κ3) is 3.82. The van der Waals surface area contributed by atoms with E-state index in [1.807, 2.05) is 24.3 Å². The van der Waals surface area contributed by atoms with Gasteiger partial charge in [0.25, 0.3) is 5.91 Å². The smallest absolute Gasteiger partial charge is 0.272 e. The van der Waals surface area contributed by atoms with Gasteiger partial charge < -0.3 is 10.6 Å². The van der Waals surface area contributed by atoms with Crippen molar-refractivity contribution in [1.82, 2.24) is 15.5 Å². The maximum atomic E-state index is 12.1. The number of hydrogen-bond donors (Lipinski definition) is 2. The van der Waals surface area contributed by atoms with Gasteiger partial charge in [0.05, 0.1) is 0 Å². The van der Waals surface area contributed by atoms with Crippen molar-refractivity contribution in [3.63, 3.8) is 0 Å². The van der Waals surface area contributed by atoms with Crippen molar-refractivity contribution < 1.29 is 4.79 Å². The van der Waals surface area contributed by atoms with E-state index in [2.05, 4.69) is 36.8 Å². The SMILES string of the molecule is O=C(NC1CCCC1)c1ccc(Nc2ccc(Br)cc2)nn1. The fourth-order valence-electron chi connectivity index (χ4n) is 2.53. The highest BCUT2D eigenvalue weighted by molar-refractivity contribution is 9.10. The van der Waals surface area contributed by atoms with E-state index in [9.17, 15) is 4.79 Å². The molecular weight excluding hydrogens is 344 g/mol. The average Bonchev–Trinajstić information content (AvgIpc) is 3.03. The highest BCUT2D eigenvalue weighted by atomic mass is 79.9. The van der Waals surface area contributed by atoms with Crippen LogP contribution in [0.2, 0.25) is 0 Å². The van der Waals surface area contributed by atoms with Gasteiger partial charge in [-0.2, -0.15) is 0 Å². The molecule has 0 bridgehead atoms. The fraction of sp³-hybridized carbons (Fsp3) is 0.312. The second-order valence-corrected chi connectivity index (χ2v) is 6.31. The summed E-state index contributed by atoms with van der Waals surface area (Å²) in [6.45, 7) is 0. The Hall–Kier alpha value is -1.95. The van der Waals surface area contributed by atoms with Gasteiger partial charge in [0, 0.05) is 16.2 Å². The Morgan fingerprint density at radius 1 is 1.05 bits per heavy atom. The summed E-state index contributed by atoms with van der Waals surface area (Å²) < 4.78 is 1.02. The number of benzene rings is 1. The van der Waals surface area contributed by atoms with E-state index < -0.39 is 0 Å². The van der Waals surface area contributed by atoms with Crippen LogP contribution in [0.25, 0.3) is 0 Å². The highest BCUT2D eigenvalue weighted by Gasteiger charge is 2.18. The van der Waals surface area contributed by atoms with Crippen LogP contribution in [0.1, 0.15) is 36.2 Å². The van der Waals surface area contributed by atoms with Gasteiger partial charge in [0.15, 0.2) is 11.5 Å². The third-order valence-electron chi connectivity index (χ3n) is 3.70. The number of nitrogens with zero attached hydrogens (tertiary/aromatic N) is 2. The summed E-state index contributed by atoms with van der Waals surface area (Å²) in [5, 5.41) is 14.2. The first-order valence-corrected chi connectivity index (χ1v) is 8.17. The van der Waals surface area contributed by atoms with E-state index in [0.717, 1.165) is 23.0 Å². The van der Waals surface area contributed by atoms with Crippen LogP contribution in [-0.2, 0) is 0 Å². The highest BCUT2D eigenvalue weighted by Crippen LogP contribution is 2.19. The third-order valence-corrected chi connectivity index (χ3v) is 4.23. The molecular formula is C16H17BrN4O. The van der Waals surface area contributed by atoms with Crippen LogP contribution in [0.4, 0.5) is 11.5 Å². The summed E-state index contributed by atoms with van der Waals surface area (Å²) in [5.74, 6) is 0.467. The second kappa shape index (κ2) is 6.87. The second-order valence-electron chi connectivity index (χ2n) is 5.39. The molecule has 0 saturated heterocycles. The van der Waals surface area contributed by atoms with E-state index in [1.54, 1.807) is 12.1 Å². The van der Waals surface area contributed by atoms with Gasteiger partial charge in [-0.15, -0.1) is 10.2 Å². The maximum Gasteiger partial charge on any atom is 0.272 e. The molecule has 0 aliphatic heterocycles. The zero-order chi connectivity index (χ0) is 15.4. The van der Waals surface area contributed by atoms with Gasteiger partial charge in [-0.25, -0.2) is 0 Å². The molecule has 1 fully saturated rings. The van der Waals surface area contributed by atoms with Crippen LogP contribution in [0.5, 0.6) is 0 Å². The Bertz CT molecular complexity index is 636. The van der Waals surface area contributed by atoms with E-state index in [4.69, 9.17) is 0 Å². The predicted molar refractivity (Wildman–Crippen MR) is 89.2 cm³/mol. The summed E-state index contributed by atoms with van der Waals surface area (Å²) in [6, 6.07) is 11.5. The number of rotatable bonds is 4. The summed E-state index contributed by atoms with van der Waals surface area (Å²) >= 11 is 3.39. The number of hydrogen-bond acceptors (Lipinski definition) is 4. The van der Waals surface area contributed by atoms with Gasteiger partial charge >= 0.3 is 0 Å². The minimum absolute atomic E-state index is 0.144. The number of anilines is 2. The number of nitrogens with one attached hydrogen (secondary N) is 2. The summed E-state index contributed by atoms with van der Waals surface area (Å²) in [5.41, 5.74) is 1.27. The lowest BCUT2D eigenvalue weighted by molar-refractivity contribution is 0.0932. The first-order chi connectivity index (χ1) is 10.7. The van der Waals surface area contributed by atoms with Crippen molar-refractivity contribution in [2.24, 2.45) is 0 Å². The van der Waals surface area contributed by atoms with Crippen molar-refractivity contribution in [2.45, 2.75) is 31.7 Å². The molecule has 3 rings (SSSR count). The van der Waals surface area contributed by atoms with E-state index in [0.29, 0.717) is 11.5 Å². The lowest BCUT2D eigenvalue weighted by Gasteiger charge is -2.11. The zero-order valence-corrected chi connectivity index (χ0v) is 13.6. The van der Waals surface area contributed by atoms with Crippen molar-refractivity contribution in [3.8, 4) is 0 Å². The van der Waals surface area contributed by atoms with Crippen LogP contribution in [0.15, 0.2) is 40.9 Å². The molecule has 22 heavy (non-hydrogen) atoms. The Morgan fingerprint density at radius 2 is 1.77 bits per heavy atom. The molecule has 0 radical (unpaired) electrons. The van der Waals surface area contributed by atoms with Crippen molar-refractivity contribution >= 4 is 33.3 Å². The molecule has 5 nitrogen and oxygen atoms in total. The van der Waals surface area contributed by atoms with Crippen LogP contribution in [0.3, 0.4) is 0 Å². The van der Waals surface area contributed by atoms with Gasteiger partial charge in [-0.1, -0.05) is 28.8 Å². The lowest BCUT2D eigenvalue weighted by atomic mass is 10.2. The molecule has 6 heteroatoms. The van der Waals surface area contributed by atoms with Gasteiger partial charge in [0.2, 0.25) is 0 Å². The normalized spacial score (nSPS) is 14.8. The summed E-state index contributed by atoms with van der Waals surface area (Å²) in [4.78, 5) is 12.1. The minimum Gasteiger partial charge on any atom is -0.348 e. The minimum atomic E-state index is -0.144. The molecule has 2 aromatic rings. The first-order valence-electron chi connectivity index (χ1n) is 7.38. The monoisotopic (exact) mass is 360 g/mol. The van der Waals surface area contributed by atoms with Crippen LogP contribution in [0, 0.1) is 0 Å². The Morgan fingerprint density at radius 3 is 2.41 bits per heavy atom. The number of aromatic nitrogens is 2. The number of carbonyl (C=O) groups excluding carboxylic acids is 1. The largest absolute Gasteiger partial charge is 0.348 e. The van der Waals surface area contributed by atoms with Gasteiger partial charge in [0.1, 0.15) is 0 Å². The fourth-order valence-corrected chi connectivity index (χ4v) is 2.79. The molecule has 0 unspecified atom stereocenters. The summed E-state index contributed by atoms with van der Waals surface area (Å²) in [7, 11) is 0. The van der Waals surface area contributed by atoms with Gasteiger partial charge in [-0.3, -0.25) is 4.79 Å². The van der Waals surface area contributed by atoms with Crippen LogP contribution in [-0.4, -0.2) is 22.1 Å². The Kier molecular flexibility index (Phi) is 4.68. The van der Waals surface area contributed by atoms with E-state index in [-0.39, 0.29) is 11.9 Å². The molecule has 1 aliphatic carbocycles. The van der Waals surface area contributed by atoms with E-state index >= 15 is 0 Å². The topological polar surface area (TPSA) is 66.9 Å². The standard InChI is InChI=1S/C16H17BrN4O/c17-11-5-7-13(8-6-11)18-15-10-9-14(20-21-15)16(22)19-12-3-1-2-4-12/h5-10,12H,1-4H2,(H,18,21)(H,19,22). The predicted octanol–water partition coefficient (Wildman–Crippen LogP) is 3.66. The van der Waals surface area contributed by atoms with Gasteiger partial charge in [-0.05, 0) is 49.2 Å².